The fraction of sp³-hybridized carbons (Fsp3) is 0.583. The summed E-state index contributed by atoms with van der Waals surface area (Å²) in [5.41, 5.74) is 0. The van der Waals surface area contributed by atoms with Gasteiger partial charge in [0.2, 0.25) is 0 Å². The molecule has 10 heteroatoms. The van der Waals surface area contributed by atoms with E-state index in [0.29, 0.717) is 18.8 Å². The van der Waals surface area contributed by atoms with Gasteiger partial charge in [0.25, 0.3) is 0 Å². The number of aliphatic carboxylic acids is 2. The molecule has 0 aromatic heterocycles. The number of carbonyl (C=O) groups is 2. The third-order valence-electron chi connectivity index (χ3n) is 3.11. The van der Waals surface area contributed by atoms with E-state index in [1.807, 2.05) is 0 Å². The quantitative estimate of drug-likeness (QED) is 0.273. The SMILES string of the molecule is C=CCC1=NC(CC(C(=O)O)C(=O)O)CN1CCP(=O)=O.[Na]. The van der Waals surface area contributed by atoms with Gasteiger partial charge in [-0.1, -0.05) is 6.08 Å². The van der Waals surface area contributed by atoms with Crippen molar-refractivity contribution < 1.29 is 28.9 Å². The van der Waals surface area contributed by atoms with Gasteiger partial charge in [0.15, 0.2) is 5.92 Å². The van der Waals surface area contributed by atoms with Gasteiger partial charge in [0.05, 0.1) is 12.2 Å². The van der Waals surface area contributed by atoms with Gasteiger partial charge in [0, 0.05) is 49.1 Å². The summed E-state index contributed by atoms with van der Waals surface area (Å²) in [6, 6.07) is -0.471. The Hall–Kier alpha value is -0.950. The molecule has 0 amide bonds. The van der Waals surface area contributed by atoms with Crippen molar-refractivity contribution in [3.05, 3.63) is 12.7 Å². The fourth-order valence-electron chi connectivity index (χ4n) is 2.13. The van der Waals surface area contributed by atoms with Gasteiger partial charge in [-0.2, -0.15) is 0 Å². The van der Waals surface area contributed by atoms with Crippen molar-refractivity contribution in [3.8, 4) is 0 Å². The Kier molecular flexibility index (Phi) is 9.51. The molecule has 0 spiro atoms. The molecule has 0 saturated carbocycles. The van der Waals surface area contributed by atoms with E-state index in [-0.39, 0.29) is 48.7 Å². The molecule has 1 unspecified atom stereocenters. The van der Waals surface area contributed by atoms with E-state index in [0.717, 1.165) is 0 Å². The molecule has 1 heterocycles. The van der Waals surface area contributed by atoms with E-state index >= 15 is 0 Å². The summed E-state index contributed by atoms with van der Waals surface area (Å²) < 4.78 is 21.3. The Balaban J connectivity index is 0.00000441. The van der Waals surface area contributed by atoms with Crippen LogP contribution in [0.3, 0.4) is 0 Å². The van der Waals surface area contributed by atoms with Crippen LogP contribution in [0, 0.1) is 5.92 Å². The first-order valence-corrected chi connectivity index (χ1v) is 7.71. The molecule has 0 bridgehead atoms. The van der Waals surface area contributed by atoms with Crippen LogP contribution in [0.2, 0.25) is 0 Å². The molecular weight excluding hydrogens is 322 g/mol. The summed E-state index contributed by atoms with van der Waals surface area (Å²) in [5, 5.41) is 17.8. The molecule has 1 atom stereocenters. The summed E-state index contributed by atoms with van der Waals surface area (Å²) in [5.74, 6) is -3.70. The summed E-state index contributed by atoms with van der Waals surface area (Å²) >= 11 is 0. The average Bonchev–Trinajstić information content (AvgIpc) is 2.75. The first-order valence-electron chi connectivity index (χ1n) is 6.35. The van der Waals surface area contributed by atoms with Crippen molar-refractivity contribution in [1.82, 2.24) is 4.90 Å². The summed E-state index contributed by atoms with van der Waals surface area (Å²) in [6.45, 7) is 4.16. The molecule has 1 aliphatic rings. The van der Waals surface area contributed by atoms with Gasteiger partial charge < -0.3 is 15.1 Å². The van der Waals surface area contributed by atoms with Gasteiger partial charge in [-0.25, -0.2) is 9.13 Å². The number of rotatable bonds is 9. The molecule has 1 rings (SSSR count). The molecule has 0 fully saturated rings. The van der Waals surface area contributed by atoms with Gasteiger partial charge in [-0.05, 0) is 6.42 Å². The largest absolute Gasteiger partial charge is 0.481 e. The van der Waals surface area contributed by atoms with Gasteiger partial charge >= 0.3 is 19.6 Å². The van der Waals surface area contributed by atoms with E-state index in [2.05, 4.69) is 11.6 Å². The number of amidine groups is 1. The van der Waals surface area contributed by atoms with E-state index in [1.54, 1.807) is 11.0 Å². The number of aliphatic imine (C=N–C) groups is 1. The second-order valence-corrected chi connectivity index (χ2v) is 5.77. The molecule has 22 heavy (non-hydrogen) atoms. The third kappa shape index (κ3) is 6.44. The number of carboxylic acids is 2. The van der Waals surface area contributed by atoms with Crippen LogP contribution in [-0.4, -0.2) is 87.7 Å². The van der Waals surface area contributed by atoms with Crippen LogP contribution in [0.25, 0.3) is 0 Å². The number of hydrogen-bond donors (Lipinski definition) is 2. The van der Waals surface area contributed by atoms with Crippen molar-refractivity contribution in [2.24, 2.45) is 10.9 Å². The van der Waals surface area contributed by atoms with Crippen molar-refractivity contribution in [3.63, 3.8) is 0 Å². The van der Waals surface area contributed by atoms with E-state index in [9.17, 15) is 18.7 Å². The minimum atomic E-state index is -2.51. The number of hydrogen-bond acceptors (Lipinski definition) is 6. The Morgan fingerprint density at radius 1 is 1.41 bits per heavy atom. The normalized spacial score (nSPS) is 16.9. The topological polar surface area (TPSA) is 124 Å². The predicted molar refractivity (Wildman–Crippen MR) is 79.9 cm³/mol. The Morgan fingerprint density at radius 2 is 2.00 bits per heavy atom. The van der Waals surface area contributed by atoms with Crippen LogP contribution in [-0.2, 0) is 18.7 Å². The zero-order valence-corrected chi connectivity index (χ0v) is 15.2. The van der Waals surface area contributed by atoms with Crippen LogP contribution in [0.1, 0.15) is 12.8 Å². The molecule has 0 saturated heterocycles. The number of nitrogens with zero attached hydrogens (tertiary/aromatic N) is 2. The molecule has 0 aromatic carbocycles. The zero-order valence-electron chi connectivity index (χ0n) is 12.3. The molecule has 1 radical (unpaired) electrons. The molecular formula is C12H17N2NaO6P. The van der Waals surface area contributed by atoms with Crippen molar-refractivity contribution in [2.75, 3.05) is 19.3 Å². The number of carboxylic acid groups (broad SMARTS) is 2. The predicted octanol–water partition coefficient (Wildman–Crippen LogP) is 0.613. The third-order valence-corrected chi connectivity index (χ3v) is 3.68. The van der Waals surface area contributed by atoms with Crippen LogP contribution < -0.4 is 0 Å². The van der Waals surface area contributed by atoms with Gasteiger partial charge in [-0.15, -0.1) is 6.58 Å². The molecule has 0 aliphatic carbocycles. The summed E-state index contributed by atoms with van der Waals surface area (Å²) in [4.78, 5) is 27.8. The van der Waals surface area contributed by atoms with Gasteiger partial charge in [0.1, 0.15) is 5.84 Å². The van der Waals surface area contributed by atoms with Crippen LogP contribution >= 0.6 is 7.68 Å². The second-order valence-electron chi connectivity index (χ2n) is 4.66. The second kappa shape index (κ2) is 9.94. The van der Waals surface area contributed by atoms with E-state index in [1.165, 1.54) is 0 Å². The first kappa shape index (κ1) is 21.0. The van der Waals surface area contributed by atoms with Crippen LogP contribution in [0.5, 0.6) is 0 Å². The Labute approximate surface area is 150 Å². The standard InChI is InChI=1S/C12H17N2O6P.Na/c1-2-3-10-13-8(6-9(11(15)16)12(17)18)7-14(10)4-5-21(19)20;/h2,8-9H,1,3-7H2,(H,15,16)(H,17,18);. The van der Waals surface area contributed by atoms with Crippen LogP contribution in [0.4, 0.5) is 0 Å². The minimum absolute atomic E-state index is 0. The van der Waals surface area contributed by atoms with Gasteiger partial charge in [-0.3, -0.25) is 14.6 Å². The van der Waals surface area contributed by atoms with E-state index in [4.69, 9.17) is 10.2 Å². The Bertz CT molecular complexity index is 512. The maximum Gasteiger partial charge on any atom is 0.317 e. The fourth-order valence-corrected chi connectivity index (χ4v) is 2.54. The summed E-state index contributed by atoms with van der Waals surface area (Å²) in [7, 11) is -2.51. The molecule has 2 N–H and O–H groups in total. The van der Waals surface area contributed by atoms with E-state index < -0.39 is 31.6 Å². The molecule has 117 valence electrons. The maximum atomic E-state index is 10.9. The average molecular weight is 339 g/mol. The summed E-state index contributed by atoms with van der Waals surface area (Å²) in [6.07, 6.45) is 1.89. The zero-order chi connectivity index (χ0) is 16.0. The molecule has 0 aromatic rings. The van der Waals surface area contributed by atoms with Crippen molar-refractivity contribution >= 4 is 55.0 Å². The van der Waals surface area contributed by atoms with Crippen LogP contribution in [0.15, 0.2) is 17.6 Å². The van der Waals surface area contributed by atoms with Crippen molar-refractivity contribution in [1.29, 1.82) is 0 Å². The Morgan fingerprint density at radius 3 is 2.45 bits per heavy atom. The maximum absolute atomic E-state index is 10.9. The first-order chi connectivity index (χ1) is 9.85. The monoisotopic (exact) mass is 339 g/mol. The smallest absolute Gasteiger partial charge is 0.317 e. The molecule has 8 nitrogen and oxygen atoms in total. The van der Waals surface area contributed by atoms with Crippen molar-refractivity contribution in [2.45, 2.75) is 18.9 Å². The molecule has 1 aliphatic heterocycles. The minimum Gasteiger partial charge on any atom is -0.481 e.